The van der Waals surface area contributed by atoms with E-state index in [0.29, 0.717) is 41.8 Å². The molecule has 0 bridgehead atoms. The van der Waals surface area contributed by atoms with E-state index < -0.39 is 0 Å². The number of aromatic nitrogens is 2. The molecule has 9 heteroatoms. The van der Waals surface area contributed by atoms with E-state index in [-0.39, 0.29) is 24.4 Å². The van der Waals surface area contributed by atoms with Crippen molar-refractivity contribution >= 4 is 40.8 Å². The highest BCUT2D eigenvalue weighted by Gasteiger charge is 2.36. The summed E-state index contributed by atoms with van der Waals surface area (Å²) in [5, 5.41) is 9.77. The van der Waals surface area contributed by atoms with Crippen LogP contribution in [0.15, 0.2) is 60.7 Å². The normalized spacial score (nSPS) is 15.7. The van der Waals surface area contributed by atoms with Crippen molar-refractivity contribution in [3.8, 4) is 11.3 Å². The van der Waals surface area contributed by atoms with E-state index in [1.54, 1.807) is 29.2 Å². The molecule has 1 aromatic heterocycles. The highest BCUT2D eigenvalue weighted by Crippen LogP contribution is 2.30. The lowest BCUT2D eigenvalue weighted by molar-refractivity contribution is -0.132. The van der Waals surface area contributed by atoms with Crippen LogP contribution in [0.5, 0.6) is 0 Å². The van der Waals surface area contributed by atoms with Gasteiger partial charge in [-0.25, -0.2) is 0 Å². The number of rotatable bonds is 6. The third-order valence-electron chi connectivity index (χ3n) is 6.42. The molecule has 5 rings (SSSR count). The van der Waals surface area contributed by atoms with Crippen molar-refractivity contribution in [2.45, 2.75) is 18.9 Å². The van der Waals surface area contributed by atoms with E-state index in [0.717, 1.165) is 29.9 Å². The molecule has 1 aliphatic heterocycles. The van der Waals surface area contributed by atoms with E-state index >= 15 is 0 Å². The van der Waals surface area contributed by atoms with E-state index in [4.69, 9.17) is 23.2 Å². The molecule has 2 aliphatic rings. The maximum atomic E-state index is 13.1. The first-order valence-corrected chi connectivity index (χ1v) is 12.4. The van der Waals surface area contributed by atoms with E-state index in [2.05, 4.69) is 15.1 Å². The molecule has 3 aromatic rings. The average molecular weight is 510 g/mol. The molecule has 0 N–H and O–H groups in total. The fraction of sp³-hybridized carbons (Fsp3) is 0.308. The first-order valence-electron chi connectivity index (χ1n) is 11.7. The Morgan fingerprint density at radius 3 is 2.17 bits per heavy atom. The number of anilines is 1. The zero-order chi connectivity index (χ0) is 24.4. The Labute approximate surface area is 214 Å². The minimum Gasteiger partial charge on any atom is -0.352 e. The lowest BCUT2D eigenvalue weighted by Gasteiger charge is -2.36. The van der Waals surface area contributed by atoms with Gasteiger partial charge in [0.15, 0.2) is 5.82 Å². The number of hydrogen-bond donors (Lipinski definition) is 0. The van der Waals surface area contributed by atoms with Crippen LogP contribution >= 0.6 is 23.2 Å². The van der Waals surface area contributed by atoms with Gasteiger partial charge >= 0.3 is 0 Å². The van der Waals surface area contributed by atoms with Crippen molar-refractivity contribution in [3.63, 3.8) is 0 Å². The van der Waals surface area contributed by atoms with Crippen molar-refractivity contribution in [1.29, 1.82) is 0 Å². The zero-order valence-electron chi connectivity index (χ0n) is 19.1. The number of amides is 2. The second kappa shape index (κ2) is 10.2. The summed E-state index contributed by atoms with van der Waals surface area (Å²) >= 11 is 12.5. The smallest absolute Gasteiger partial charge is 0.256 e. The van der Waals surface area contributed by atoms with Gasteiger partial charge in [-0.1, -0.05) is 53.5 Å². The number of hydrogen-bond acceptors (Lipinski definition) is 5. The summed E-state index contributed by atoms with van der Waals surface area (Å²) in [5.41, 5.74) is 2.00. The molecule has 0 spiro atoms. The fourth-order valence-electron chi connectivity index (χ4n) is 4.28. The van der Waals surface area contributed by atoms with Gasteiger partial charge in [-0.15, -0.1) is 10.2 Å². The van der Waals surface area contributed by atoms with Gasteiger partial charge in [-0.05, 0) is 43.2 Å². The van der Waals surface area contributed by atoms with Crippen LogP contribution in [0.4, 0.5) is 5.82 Å². The predicted molar refractivity (Wildman–Crippen MR) is 137 cm³/mol. The fourth-order valence-corrected chi connectivity index (χ4v) is 4.73. The first-order chi connectivity index (χ1) is 17.0. The number of carbonyl (C=O) groups is 2. The highest BCUT2D eigenvalue weighted by atomic mass is 35.5. The van der Waals surface area contributed by atoms with Crippen LogP contribution in [0.1, 0.15) is 23.2 Å². The van der Waals surface area contributed by atoms with Crippen molar-refractivity contribution in [3.05, 3.63) is 76.3 Å². The molecule has 0 radical (unpaired) electrons. The molecule has 0 atom stereocenters. The van der Waals surface area contributed by atoms with Gasteiger partial charge in [-0.3, -0.25) is 9.59 Å². The standard InChI is InChI=1S/C26H25Cl2N5O2/c27-21-7-3-1-5-19(21)23-11-12-24(30-29-23)31-13-15-32(16-14-31)25(34)17-33(18-9-10-18)26(35)20-6-2-4-8-22(20)28/h1-8,11-12,18H,9-10,13-17H2. The molecule has 1 saturated carbocycles. The molecular formula is C26H25Cl2N5O2. The molecule has 35 heavy (non-hydrogen) atoms. The van der Waals surface area contributed by atoms with Crippen LogP contribution in [0.25, 0.3) is 11.3 Å². The molecule has 2 fully saturated rings. The predicted octanol–water partition coefficient (Wildman–Crippen LogP) is 4.40. The highest BCUT2D eigenvalue weighted by molar-refractivity contribution is 6.34. The summed E-state index contributed by atoms with van der Waals surface area (Å²) in [6.07, 6.45) is 1.83. The molecule has 2 amide bonds. The number of piperazine rings is 1. The number of halogens is 2. The number of nitrogens with zero attached hydrogens (tertiary/aromatic N) is 5. The van der Waals surface area contributed by atoms with Gasteiger partial charge in [0, 0.05) is 37.8 Å². The van der Waals surface area contributed by atoms with Gasteiger partial charge in [0.25, 0.3) is 5.91 Å². The summed E-state index contributed by atoms with van der Waals surface area (Å²) in [6.45, 7) is 2.49. The number of benzene rings is 2. The summed E-state index contributed by atoms with van der Waals surface area (Å²) < 4.78 is 0. The molecular weight excluding hydrogens is 485 g/mol. The Kier molecular flexibility index (Phi) is 6.88. The summed E-state index contributed by atoms with van der Waals surface area (Å²) in [4.78, 5) is 31.8. The van der Waals surface area contributed by atoms with Crippen LogP contribution in [-0.4, -0.2) is 70.6 Å². The summed E-state index contributed by atoms with van der Waals surface area (Å²) in [6, 6.07) is 18.5. The summed E-state index contributed by atoms with van der Waals surface area (Å²) in [5.74, 6) is 0.539. The molecule has 7 nitrogen and oxygen atoms in total. The van der Waals surface area contributed by atoms with E-state index in [9.17, 15) is 9.59 Å². The maximum absolute atomic E-state index is 13.1. The van der Waals surface area contributed by atoms with Crippen LogP contribution in [0, 0.1) is 0 Å². The minimum absolute atomic E-state index is 0.0443. The van der Waals surface area contributed by atoms with Crippen molar-refractivity contribution in [1.82, 2.24) is 20.0 Å². The molecule has 1 saturated heterocycles. The van der Waals surface area contributed by atoms with Crippen molar-refractivity contribution in [2.75, 3.05) is 37.6 Å². The first kappa shape index (κ1) is 23.6. The van der Waals surface area contributed by atoms with Crippen LogP contribution in [0.3, 0.4) is 0 Å². The van der Waals surface area contributed by atoms with Crippen LogP contribution in [0.2, 0.25) is 10.0 Å². The molecule has 2 aromatic carbocycles. The van der Waals surface area contributed by atoms with Gasteiger partial charge < -0.3 is 14.7 Å². The lowest BCUT2D eigenvalue weighted by Crippen LogP contribution is -2.52. The largest absolute Gasteiger partial charge is 0.352 e. The Balaban J connectivity index is 1.19. The number of carbonyl (C=O) groups excluding carboxylic acids is 2. The Bertz CT molecular complexity index is 1220. The van der Waals surface area contributed by atoms with E-state index in [1.165, 1.54) is 0 Å². The molecule has 0 unspecified atom stereocenters. The van der Waals surface area contributed by atoms with Crippen LogP contribution < -0.4 is 4.90 Å². The quantitative estimate of drug-likeness (QED) is 0.492. The van der Waals surface area contributed by atoms with Gasteiger partial charge in [0.2, 0.25) is 5.91 Å². The van der Waals surface area contributed by atoms with Gasteiger partial charge in [0.05, 0.1) is 21.3 Å². The third-order valence-corrected chi connectivity index (χ3v) is 7.07. The maximum Gasteiger partial charge on any atom is 0.256 e. The lowest BCUT2D eigenvalue weighted by atomic mass is 10.1. The molecule has 180 valence electrons. The van der Waals surface area contributed by atoms with Crippen molar-refractivity contribution < 1.29 is 9.59 Å². The average Bonchev–Trinajstić information content (AvgIpc) is 3.73. The second-order valence-electron chi connectivity index (χ2n) is 8.77. The Hall–Kier alpha value is -3.16. The third kappa shape index (κ3) is 5.26. The summed E-state index contributed by atoms with van der Waals surface area (Å²) in [7, 11) is 0. The minimum atomic E-state index is -0.182. The Morgan fingerprint density at radius 1 is 0.857 bits per heavy atom. The Morgan fingerprint density at radius 2 is 1.54 bits per heavy atom. The van der Waals surface area contributed by atoms with Crippen LogP contribution in [-0.2, 0) is 4.79 Å². The van der Waals surface area contributed by atoms with Gasteiger partial charge in [0.1, 0.15) is 6.54 Å². The van der Waals surface area contributed by atoms with E-state index in [1.807, 2.05) is 41.3 Å². The van der Waals surface area contributed by atoms with Gasteiger partial charge in [-0.2, -0.15) is 0 Å². The molecule has 2 heterocycles. The monoisotopic (exact) mass is 509 g/mol. The topological polar surface area (TPSA) is 69.6 Å². The molecule has 1 aliphatic carbocycles. The SMILES string of the molecule is O=C(CN(C(=O)c1ccccc1Cl)C1CC1)N1CCN(c2ccc(-c3ccccc3Cl)nn2)CC1. The zero-order valence-corrected chi connectivity index (χ0v) is 20.6. The van der Waals surface area contributed by atoms with Crippen molar-refractivity contribution in [2.24, 2.45) is 0 Å². The second-order valence-corrected chi connectivity index (χ2v) is 9.58.